The van der Waals surface area contributed by atoms with Crippen molar-refractivity contribution in [3.8, 4) is 5.75 Å². The summed E-state index contributed by atoms with van der Waals surface area (Å²) < 4.78 is 7.68. The van der Waals surface area contributed by atoms with Gasteiger partial charge in [0.05, 0.1) is 6.61 Å². The molecule has 124 valence electrons. The smallest absolute Gasteiger partial charge is 0.175 e. The molecule has 0 spiro atoms. The van der Waals surface area contributed by atoms with Crippen molar-refractivity contribution in [1.82, 2.24) is 19.5 Å². The normalized spacial score (nSPS) is 13.2. The van der Waals surface area contributed by atoms with Gasteiger partial charge in [-0.1, -0.05) is 17.8 Å². The highest BCUT2D eigenvalue weighted by Crippen LogP contribution is 2.37. The number of benzene rings is 1. The molecular weight excluding hydrogens is 324 g/mol. The molecule has 4 rings (SSSR count). The standard InChI is InChI=1S/C16H18N6OS/c1-9-6-10-2-5-23-11(10)7-12(9)24-16-21-13-14(18)19-8-20-15(13)22(16)4-3-17/h6-8H,2-5,17H2,1H3,(H2,18,19,20). The molecule has 0 radical (unpaired) electrons. The van der Waals surface area contributed by atoms with Crippen LogP contribution < -0.4 is 16.2 Å². The Morgan fingerprint density at radius 1 is 1.33 bits per heavy atom. The van der Waals surface area contributed by atoms with Crippen molar-refractivity contribution in [2.75, 3.05) is 18.9 Å². The highest BCUT2D eigenvalue weighted by atomic mass is 32.2. The van der Waals surface area contributed by atoms with E-state index in [4.69, 9.17) is 16.2 Å². The number of ether oxygens (including phenoxy) is 1. The average Bonchev–Trinajstić information content (AvgIpc) is 3.14. The highest BCUT2D eigenvalue weighted by molar-refractivity contribution is 7.99. The van der Waals surface area contributed by atoms with E-state index in [2.05, 4.69) is 34.0 Å². The van der Waals surface area contributed by atoms with Crippen LogP contribution in [0.15, 0.2) is 28.5 Å². The molecule has 0 saturated carbocycles. The van der Waals surface area contributed by atoms with E-state index < -0.39 is 0 Å². The first kappa shape index (κ1) is 15.2. The number of nitrogen functional groups attached to an aromatic ring is 1. The van der Waals surface area contributed by atoms with E-state index in [1.165, 1.54) is 17.5 Å². The lowest BCUT2D eigenvalue weighted by molar-refractivity contribution is 0.356. The van der Waals surface area contributed by atoms with E-state index in [1.54, 1.807) is 11.8 Å². The van der Waals surface area contributed by atoms with Crippen molar-refractivity contribution in [3.05, 3.63) is 29.6 Å². The van der Waals surface area contributed by atoms with Gasteiger partial charge in [-0.05, 0) is 24.1 Å². The second kappa shape index (κ2) is 5.95. The van der Waals surface area contributed by atoms with Crippen LogP contribution in [0.5, 0.6) is 5.75 Å². The van der Waals surface area contributed by atoms with E-state index in [-0.39, 0.29) is 0 Å². The molecule has 2 aromatic heterocycles. The van der Waals surface area contributed by atoms with Crippen LogP contribution in [0.2, 0.25) is 0 Å². The van der Waals surface area contributed by atoms with Gasteiger partial charge in [0.15, 0.2) is 22.1 Å². The minimum Gasteiger partial charge on any atom is -0.493 e. The molecule has 7 nitrogen and oxygen atoms in total. The maximum atomic E-state index is 5.94. The molecule has 3 aromatic rings. The van der Waals surface area contributed by atoms with Crippen LogP contribution in [-0.4, -0.2) is 32.7 Å². The molecule has 3 heterocycles. The average molecular weight is 342 g/mol. The van der Waals surface area contributed by atoms with Crippen LogP contribution in [0.1, 0.15) is 11.1 Å². The summed E-state index contributed by atoms with van der Waals surface area (Å²) in [6, 6.07) is 4.28. The van der Waals surface area contributed by atoms with E-state index >= 15 is 0 Å². The van der Waals surface area contributed by atoms with Crippen molar-refractivity contribution in [2.45, 2.75) is 29.9 Å². The van der Waals surface area contributed by atoms with Gasteiger partial charge in [0.2, 0.25) is 0 Å². The molecule has 1 aliphatic rings. The zero-order valence-electron chi connectivity index (χ0n) is 13.3. The Labute approximate surface area is 143 Å². The third-order valence-electron chi connectivity index (χ3n) is 4.07. The van der Waals surface area contributed by atoms with Crippen molar-refractivity contribution in [2.24, 2.45) is 5.73 Å². The number of imidazole rings is 1. The molecule has 0 saturated heterocycles. The second-order valence-corrected chi connectivity index (χ2v) is 6.70. The van der Waals surface area contributed by atoms with Crippen molar-refractivity contribution >= 4 is 28.7 Å². The Kier molecular flexibility index (Phi) is 3.78. The van der Waals surface area contributed by atoms with E-state index in [9.17, 15) is 0 Å². The first-order valence-corrected chi connectivity index (χ1v) is 8.60. The van der Waals surface area contributed by atoms with Crippen LogP contribution in [0.25, 0.3) is 11.2 Å². The predicted molar refractivity (Wildman–Crippen MR) is 93.3 cm³/mol. The van der Waals surface area contributed by atoms with Crippen molar-refractivity contribution in [1.29, 1.82) is 0 Å². The molecule has 0 aliphatic carbocycles. The third-order valence-corrected chi connectivity index (χ3v) is 5.22. The molecule has 0 amide bonds. The summed E-state index contributed by atoms with van der Waals surface area (Å²) in [6.07, 6.45) is 2.42. The largest absolute Gasteiger partial charge is 0.493 e. The quantitative estimate of drug-likeness (QED) is 0.744. The lowest BCUT2D eigenvalue weighted by Gasteiger charge is -2.10. The molecule has 24 heavy (non-hydrogen) atoms. The minimum absolute atomic E-state index is 0.381. The third kappa shape index (κ3) is 2.47. The fourth-order valence-electron chi connectivity index (χ4n) is 2.88. The van der Waals surface area contributed by atoms with Crippen molar-refractivity contribution in [3.63, 3.8) is 0 Å². The predicted octanol–water partition coefficient (Wildman–Crippen LogP) is 1.76. The summed E-state index contributed by atoms with van der Waals surface area (Å²) in [6.45, 7) is 3.97. The number of aromatic nitrogens is 4. The molecule has 0 unspecified atom stereocenters. The van der Waals surface area contributed by atoms with Crippen LogP contribution in [0.3, 0.4) is 0 Å². The van der Waals surface area contributed by atoms with E-state index in [0.717, 1.165) is 28.8 Å². The number of aryl methyl sites for hydroxylation is 1. The number of hydrogen-bond acceptors (Lipinski definition) is 7. The summed E-state index contributed by atoms with van der Waals surface area (Å²) in [5, 5.41) is 0.809. The molecule has 0 atom stereocenters. The van der Waals surface area contributed by atoms with Crippen LogP contribution in [-0.2, 0) is 13.0 Å². The van der Waals surface area contributed by atoms with Gasteiger partial charge in [-0.25, -0.2) is 15.0 Å². The van der Waals surface area contributed by atoms with Gasteiger partial charge in [-0.15, -0.1) is 0 Å². The summed E-state index contributed by atoms with van der Waals surface area (Å²) >= 11 is 1.57. The zero-order chi connectivity index (χ0) is 16.7. The first-order valence-electron chi connectivity index (χ1n) is 7.78. The van der Waals surface area contributed by atoms with Crippen LogP contribution in [0, 0.1) is 6.92 Å². The summed E-state index contributed by atoms with van der Waals surface area (Å²) in [5.74, 6) is 1.34. The number of anilines is 1. The van der Waals surface area contributed by atoms with Crippen molar-refractivity contribution < 1.29 is 4.74 Å². The van der Waals surface area contributed by atoms with Gasteiger partial charge in [0.1, 0.15) is 12.1 Å². The van der Waals surface area contributed by atoms with Gasteiger partial charge in [0.25, 0.3) is 0 Å². The SMILES string of the molecule is Cc1cc2c(cc1Sc1nc3c(N)ncnc3n1CCN)OCC2. The Hall–Kier alpha value is -2.32. The number of nitrogens with two attached hydrogens (primary N) is 2. The molecule has 0 bridgehead atoms. The van der Waals surface area contributed by atoms with Gasteiger partial charge in [-0.3, -0.25) is 0 Å². The van der Waals surface area contributed by atoms with E-state index in [1.807, 2.05) is 4.57 Å². The fourth-order valence-corrected chi connectivity index (χ4v) is 3.89. The lowest BCUT2D eigenvalue weighted by atomic mass is 10.1. The Bertz CT molecular complexity index is 923. The highest BCUT2D eigenvalue weighted by Gasteiger charge is 2.19. The lowest BCUT2D eigenvalue weighted by Crippen LogP contribution is -2.11. The Balaban J connectivity index is 1.80. The van der Waals surface area contributed by atoms with Gasteiger partial charge < -0.3 is 20.8 Å². The van der Waals surface area contributed by atoms with Crippen LogP contribution in [0.4, 0.5) is 5.82 Å². The monoisotopic (exact) mass is 342 g/mol. The molecule has 1 aliphatic heterocycles. The number of nitrogens with zero attached hydrogens (tertiary/aromatic N) is 4. The fraction of sp³-hybridized carbons (Fsp3) is 0.312. The second-order valence-electron chi connectivity index (χ2n) is 5.69. The number of fused-ring (bicyclic) bond motifs is 2. The van der Waals surface area contributed by atoms with E-state index in [0.29, 0.717) is 30.1 Å². The van der Waals surface area contributed by atoms with Gasteiger partial charge in [0, 0.05) is 24.4 Å². The van der Waals surface area contributed by atoms with Gasteiger partial charge >= 0.3 is 0 Å². The first-order chi connectivity index (χ1) is 11.7. The number of rotatable bonds is 4. The Morgan fingerprint density at radius 2 is 2.21 bits per heavy atom. The topological polar surface area (TPSA) is 105 Å². The zero-order valence-corrected chi connectivity index (χ0v) is 14.1. The molecule has 0 fully saturated rings. The summed E-state index contributed by atoms with van der Waals surface area (Å²) in [5.41, 5.74) is 15.5. The molecular formula is C16H18N6OS. The maximum Gasteiger partial charge on any atom is 0.175 e. The molecule has 1 aromatic carbocycles. The Morgan fingerprint density at radius 3 is 3.04 bits per heavy atom. The maximum absolute atomic E-state index is 5.94. The minimum atomic E-state index is 0.381. The van der Waals surface area contributed by atoms with Crippen LogP contribution >= 0.6 is 11.8 Å². The molecule has 8 heteroatoms. The molecule has 4 N–H and O–H groups in total. The number of hydrogen-bond donors (Lipinski definition) is 2. The summed E-state index contributed by atoms with van der Waals surface area (Å²) in [7, 11) is 0. The summed E-state index contributed by atoms with van der Waals surface area (Å²) in [4.78, 5) is 14.1. The van der Waals surface area contributed by atoms with Gasteiger partial charge in [-0.2, -0.15) is 0 Å².